The third-order valence-corrected chi connectivity index (χ3v) is 4.67. The van der Waals surface area contributed by atoms with Gasteiger partial charge in [0.1, 0.15) is 0 Å². The number of amides is 2. The summed E-state index contributed by atoms with van der Waals surface area (Å²) in [7, 11) is 0. The van der Waals surface area contributed by atoms with Crippen molar-refractivity contribution in [1.82, 2.24) is 0 Å². The number of hydrogen-bond donors (Lipinski definition) is 1. The number of Topliss-reactive ketones (excluding diaryl/α,β-unsaturated/α-hetero) is 1. The molecule has 1 atom stereocenters. The lowest BCUT2D eigenvalue weighted by molar-refractivity contribution is -0.116. The number of anilines is 2. The van der Waals surface area contributed by atoms with E-state index >= 15 is 0 Å². The average molecular weight is 362 g/mol. The van der Waals surface area contributed by atoms with Crippen molar-refractivity contribution < 1.29 is 14.4 Å². The number of carbonyl (C=O) groups excluding carboxylic acids is 3. The van der Waals surface area contributed by atoms with Gasteiger partial charge in [-0.1, -0.05) is 18.2 Å². The van der Waals surface area contributed by atoms with Gasteiger partial charge in [0.25, 0.3) is 5.91 Å². The molecule has 0 saturated heterocycles. The van der Waals surface area contributed by atoms with Gasteiger partial charge in [0.2, 0.25) is 5.91 Å². The van der Waals surface area contributed by atoms with Gasteiger partial charge in [-0.2, -0.15) is 0 Å². The van der Waals surface area contributed by atoms with Crippen molar-refractivity contribution in [2.45, 2.75) is 33.2 Å². The van der Waals surface area contributed by atoms with Gasteiger partial charge in [0.15, 0.2) is 5.78 Å². The zero-order chi connectivity index (χ0) is 19.6. The van der Waals surface area contributed by atoms with E-state index in [2.05, 4.69) is 5.32 Å². The van der Waals surface area contributed by atoms with Crippen molar-refractivity contribution in [3.63, 3.8) is 0 Å². The Labute approximate surface area is 158 Å². The van der Waals surface area contributed by atoms with E-state index < -0.39 is 0 Å². The molecule has 5 nitrogen and oxygen atoms in total. The molecule has 1 aliphatic heterocycles. The van der Waals surface area contributed by atoms with Crippen LogP contribution in [0, 0.1) is 0 Å². The topological polar surface area (TPSA) is 66.5 Å². The largest absolute Gasteiger partial charge is 0.323 e. The highest BCUT2D eigenvalue weighted by Crippen LogP contribution is 2.32. The van der Waals surface area contributed by atoms with Crippen LogP contribution >= 0.6 is 0 Å². The van der Waals surface area contributed by atoms with Crippen LogP contribution in [0.25, 0.3) is 0 Å². The van der Waals surface area contributed by atoms with Crippen molar-refractivity contribution in [1.29, 1.82) is 0 Å². The zero-order valence-corrected chi connectivity index (χ0v) is 15.7. The summed E-state index contributed by atoms with van der Waals surface area (Å²) in [4.78, 5) is 38.2. The third kappa shape index (κ3) is 3.97. The Morgan fingerprint density at radius 3 is 2.37 bits per heavy atom. The molecule has 0 fully saturated rings. The third-order valence-electron chi connectivity index (χ3n) is 4.67. The molecule has 0 aliphatic carbocycles. The van der Waals surface area contributed by atoms with E-state index in [0.29, 0.717) is 16.8 Å². The number of fused-ring (bicyclic) bond motifs is 1. The van der Waals surface area contributed by atoms with Crippen LogP contribution in [0.2, 0.25) is 0 Å². The number of benzene rings is 2. The molecule has 1 aliphatic rings. The Kier molecular flexibility index (Phi) is 5.21. The van der Waals surface area contributed by atoms with E-state index in [9.17, 15) is 14.4 Å². The van der Waals surface area contributed by atoms with Crippen molar-refractivity contribution in [3.8, 4) is 0 Å². The molecule has 2 aromatic rings. The molecule has 0 saturated carbocycles. The van der Waals surface area contributed by atoms with Crippen LogP contribution in [0.3, 0.4) is 0 Å². The molecule has 5 heteroatoms. The van der Waals surface area contributed by atoms with Crippen LogP contribution in [0.5, 0.6) is 0 Å². The molecule has 3 rings (SSSR count). The van der Waals surface area contributed by atoms with Crippen molar-refractivity contribution in [2.24, 2.45) is 0 Å². The Morgan fingerprint density at radius 1 is 1.04 bits per heavy atom. The molecule has 0 aromatic heterocycles. The second kappa shape index (κ2) is 7.58. The molecule has 1 heterocycles. The van der Waals surface area contributed by atoms with Gasteiger partial charge in [-0.05, 0) is 63.1 Å². The zero-order valence-electron chi connectivity index (χ0n) is 15.7. The summed E-state index contributed by atoms with van der Waals surface area (Å²) >= 11 is 0. The second-order valence-electron chi connectivity index (χ2n) is 6.81. The molecular formula is C22H22N2O3. The van der Waals surface area contributed by atoms with Gasteiger partial charge in [-0.3, -0.25) is 14.4 Å². The van der Waals surface area contributed by atoms with E-state index in [0.717, 1.165) is 17.7 Å². The summed E-state index contributed by atoms with van der Waals surface area (Å²) in [5.74, 6) is -0.583. The molecule has 138 valence electrons. The minimum absolute atomic E-state index is 0.0331. The average Bonchev–Trinajstić information content (AvgIpc) is 2.97. The number of nitrogens with zero attached hydrogens (tertiary/aromatic N) is 1. The molecule has 2 amide bonds. The predicted octanol–water partition coefficient (Wildman–Crippen LogP) is 3.75. The lowest BCUT2D eigenvalue weighted by atomic mass is 10.1. The quantitative estimate of drug-likeness (QED) is 0.665. The van der Waals surface area contributed by atoms with E-state index in [1.165, 1.54) is 13.0 Å². The van der Waals surface area contributed by atoms with E-state index in [4.69, 9.17) is 0 Å². The highest BCUT2D eigenvalue weighted by molar-refractivity contribution is 6.12. The molecule has 2 aromatic carbocycles. The van der Waals surface area contributed by atoms with Gasteiger partial charge in [-0.15, -0.1) is 0 Å². The second-order valence-corrected chi connectivity index (χ2v) is 6.81. The lowest BCUT2D eigenvalue weighted by Gasteiger charge is -2.23. The maximum Gasteiger partial charge on any atom is 0.254 e. The molecular weight excluding hydrogens is 340 g/mol. The Morgan fingerprint density at radius 2 is 1.70 bits per heavy atom. The van der Waals surface area contributed by atoms with E-state index in [-0.39, 0.29) is 23.6 Å². The maximum atomic E-state index is 12.9. The molecule has 1 N–H and O–H groups in total. The Balaban J connectivity index is 1.72. The standard InChI is InChI=1S/C22H22N2O3/c1-14(12-21(26)23-19-10-8-17(9-11-19)16(3)25)22(27)24-15(2)13-18-6-4-5-7-20(18)24/h4-12,15H,13H2,1-3H3,(H,23,26)/b14-12-. The van der Waals surface area contributed by atoms with Crippen molar-refractivity contribution in [2.75, 3.05) is 10.2 Å². The first-order valence-electron chi connectivity index (χ1n) is 8.88. The first-order valence-corrected chi connectivity index (χ1v) is 8.88. The monoisotopic (exact) mass is 362 g/mol. The molecule has 0 radical (unpaired) electrons. The smallest absolute Gasteiger partial charge is 0.254 e. The Hall–Kier alpha value is -3.21. The molecule has 1 unspecified atom stereocenters. The minimum atomic E-state index is -0.378. The number of para-hydroxylation sites is 1. The molecule has 0 bridgehead atoms. The van der Waals surface area contributed by atoms with Crippen LogP contribution < -0.4 is 10.2 Å². The van der Waals surface area contributed by atoms with Crippen LogP contribution in [-0.4, -0.2) is 23.6 Å². The Bertz CT molecular complexity index is 929. The van der Waals surface area contributed by atoms with Crippen LogP contribution in [-0.2, 0) is 16.0 Å². The first-order chi connectivity index (χ1) is 12.9. The summed E-state index contributed by atoms with van der Waals surface area (Å²) in [5.41, 5.74) is 3.57. The molecule has 0 spiro atoms. The van der Waals surface area contributed by atoms with Gasteiger partial charge >= 0.3 is 0 Å². The fourth-order valence-corrected chi connectivity index (χ4v) is 3.29. The van der Waals surface area contributed by atoms with Gasteiger partial charge in [0.05, 0.1) is 0 Å². The lowest BCUT2D eigenvalue weighted by Crippen LogP contribution is -2.36. The highest BCUT2D eigenvalue weighted by atomic mass is 16.2. The maximum absolute atomic E-state index is 12.9. The number of rotatable bonds is 4. The molecule has 27 heavy (non-hydrogen) atoms. The number of ketones is 1. The number of hydrogen-bond acceptors (Lipinski definition) is 3. The summed E-state index contributed by atoms with van der Waals surface area (Å²) in [6.07, 6.45) is 2.12. The van der Waals surface area contributed by atoms with Crippen molar-refractivity contribution in [3.05, 3.63) is 71.3 Å². The SMILES string of the molecule is CC(=O)c1ccc(NC(=O)/C=C(/C)C(=O)N2c3ccccc3CC2C)cc1. The summed E-state index contributed by atoms with van der Waals surface area (Å²) in [5, 5.41) is 2.72. The van der Waals surface area contributed by atoms with Gasteiger partial charge in [0, 0.05) is 34.6 Å². The van der Waals surface area contributed by atoms with Gasteiger partial charge in [-0.25, -0.2) is 0 Å². The van der Waals surface area contributed by atoms with Gasteiger partial charge < -0.3 is 10.2 Å². The predicted molar refractivity (Wildman–Crippen MR) is 106 cm³/mol. The van der Waals surface area contributed by atoms with E-state index in [1.807, 2.05) is 31.2 Å². The minimum Gasteiger partial charge on any atom is -0.323 e. The van der Waals surface area contributed by atoms with Crippen LogP contribution in [0.4, 0.5) is 11.4 Å². The summed E-state index contributed by atoms with van der Waals surface area (Å²) in [6, 6.07) is 14.5. The van der Waals surface area contributed by atoms with Crippen molar-refractivity contribution >= 4 is 29.0 Å². The highest BCUT2D eigenvalue weighted by Gasteiger charge is 2.31. The fourth-order valence-electron chi connectivity index (χ4n) is 3.29. The first kappa shape index (κ1) is 18.6. The number of nitrogens with one attached hydrogen (secondary N) is 1. The summed E-state index contributed by atoms with van der Waals surface area (Å²) in [6.45, 7) is 5.14. The number of carbonyl (C=O) groups is 3. The van der Waals surface area contributed by atoms with Crippen LogP contribution in [0.15, 0.2) is 60.2 Å². The van der Waals surface area contributed by atoms with E-state index in [1.54, 1.807) is 36.1 Å². The fraction of sp³-hybridized carbons (Fsp3) is 0.227. The normalized spacial score (nSPS) is 16.0. The van der Waals surface area contributed by atoms with Crippen LogP contribution in [0.1, 0.15) is 36.7 Å². The summed E-state index contributed by atoms with van der Waals surface area (Å²) < 4.78 is 0.